The Morgan fingerprint density at radius 2 is 1.92 bits per heavy atom. The number of benzene rings is 2. The normalized spacial score (nSPS) is 18.3. The average Bonchev–Trinajstić information content (AvgIpc) is 3.17. The largest absolute Gasteiger partial charge is 0.481 e. The number of aliphatic carboxylic acids is 1. The van der Waals surface area contributed by atoms with Crippen molar-refractivity contribution in [3.8, 4) is 16.9 Å². The number of rotatable bonds is 6. The molecule has 12 heteroatoms. The lowest BCUT2D eigenvalue weighted by Gasteiger charge is -2.13. The third-order valence-corrected chi connectivity index (χ3v) is 6.98. The van der Waals surface area contributed by atoms with E-state index in [1.54, 1.807) is 18.2 Å². The molecule has 0 amide bonds. The molecular formula is C26H20ClF4N5O2. The first-order chi connectivity index (χ1) is 17.9. The first-order valence-corrected chi connectivity index (χ1v) is 11.8. The molecule has 4 aromatic rings. The lowest BCUT2D eigenvalue weighted by atomic mass is 9.99. The van der Waals surface area contributed by atoms with Crippen molar-refractivity contribution in [2.24, 2.45) is 11.3 Å². The van der Waals surface area contributed by atoms with Crippen LogP contribution in [-0.4, -0.2) is 30.8 Å². The maximum Gasteiger partial charge on any atom is 0.435 e. The van der Waals surface area contributed by atoms with Crippen molar-refractivity contribution in [2.75, 3.05) is 5.32 Å². The highest BCUT2D eigenvalue weighted by atomic mass is 35.5. The summed E-state index contributed by atoms with van der Waals surface area (Å²) in [7, 11) is 0. The Bertz CT molecular complexity index is 1550. The molecule has 0 bridgehead atoms. The van der Waals surface area contributed by atoms with Gasteiger partial charge in [-0.3, -0.25) is 4.79 Å². The van der Waals surface area contributed by atoms with E-state index >= 15 is 0 Å². The zero-order valence-corrected chi connectivity index (χ0v) is 20.7. The number of halogens is 5. The molecule has 1 aliphatic carbocycles. The first kappa shape index (κ1) is 25.7. The average molecular weight is 546 g/mol. The Labute approximate surface area is 219 Å². The van der Waals surface area contributed by atoms with Crippen LogP contribution in [-0.2, 0) is 11.0 Å². The van der Waals surface area contributed by atoms with E-state index in [1.165, 1.54) is 18.3 Å². The van der Waals surface area contributed by atoms with Gasteiger partial charge in [-0.15, -0.1) is 0 Å². The zero-order chi connectivity index (χ0) is 27.4. The molecule has 2 atom stereocenters. The van der Waals surface area contributed by atoms with E-state index in [2.05, 4.69) is 20.4 Å². The van der Waals surface area contributed by atoms with Gasteiger partial charge in [-0.1, -0.05) is 49.7 Å². The molecule has 38 heavy (non-hydrogen) atoms. The molecule has 0 radical (unpaired) electrons. The van der Waals surface area contributed by atoms with Gasteiger partial charge >= 0.3 is 12.1 Å². The highest BCUT2D eigenvalue weighted by Gasteiger charge is 2.62. The van der Waals surface area contributed by atoms with Crippen LogP contribution < -0.4 is 5.32 Å². The Morgan fingerprint density at radius 1 is 1.16 bits per heavy atom. The van der Waals surface area contributed by atoms with Crippen LogP contribution in [0.4, 0.5) is 29.2 Å². The molecule has 0 spiro atoms. The smallest absolute Gasteiger partial charge is 0.435 e. The number of hydrogen-bond donors (Lipinski definition) is 2. The highest BCUT2D eigenvalue weighted by Crippen LogP contribution is 2.64. The van der Waals surface area contributed by atoms with Crippen LogP contribution in [0.1, 0.15) is 31.0 Å². The summed E-state index contributed by atoms with van der Waals surface area (Å²) < 4.78 is 54.4. The number of nitrogens with zero attached hydrogens (tertiary/aromatic N) is 4. The second kappa shape index (κ2) is 9.09. The van der Waals surface area contributed by atoms with Crippen molar-refractivity contribution in [3.63, 3.8) is 0 Å². The van der Waals surface area contributed by atoms with Crippen molar-refractivity contribution in [1.82, 2.24) is 19.7 Å². The van der Waals surface area contributed by atoms with Gasteiger partial charge in [0.2, 0.25) is 5.95 Å². The van der Waals surface area contributed by atoms with Crippen molar-refractivity contribution in [3.05, 3.63) is 83.0 Å². The van der Waals surface area contributed by atoms with Crippen LogP contribution in [0.25, 0.3) is 16.9 Å². The lowest BCUT2D eigenvalue weighted by Crippen LogP contribution is -2.10. The van der Waals surface area contributed by atoms with Gasteiger partial charge in [-0.2, -0.15) is 23.3 Å². The minimum atomic E-state index is -4.66. The number of anilines is 2. The summed E-state index contributed by atoms with van der Waals surface area (Å²) in [6, 6.07) is 11.8. The summed E-state index contributed by atoms with van der Waals surface area (Å²) in [5, 5.41) is 16.0. The summed E-state index contributed by atoms with van der Waals surface area (Å²) in [6.07, 6.45) is -2.09. The van der Waals surface area contributed by atoms with E-state index in [1.807, 2.05) is 19.9 Å². The number of carboxylic acid groups (broad SMARTS) is 1. The van der Waals surface area contributed by atoms with E-state index in [9.17, 15) is 27.5 Å². The van der Waals surface area contributed by atoms with Crippen LogP contribution in [0, 0.1) is 17.2 Å². The molecule has 2 heterocycles. The van der Waals surface area contributed by atoms with Gasteiger partial charge in [0.1, 0.15) is 5.82 Å². The second-order valence-electron chi connectivity index (χ2n) is 9.57. The van der Waals surface area contributed by atoms with Gasteiger partial charge in [0.15, 0.2) is 11.5 Å². The Balaban J connectivity index is 1.58. The predicted molar refractivity (Wildman–Crippen MR) is 132 cm³/mol. The Hall–Kier alpha value is -3.99. The summed E-state index contributed by atoms with van der Waals surface area (Å²) in [5.74, 6) is -2.22. The van der Waals surface area contributed by atoms with Crippen molar-refractivity contribution in [2.45, 2.75) is 25.9 Å². The molecule has 2 unspecified atom stereocenters. The topological polar surface area (TPSA) is 92.9 Å². The first-order valence-electron chi connectivity index (χ1n) is 11.4. The molecule has 1 saturated carbocycles. The van der Waals surface area contributed by atoms with Crippen LogP contribution >= 0.6 is 11.6 Å². The fourth-order valence-corrected chi connectivity index (χ4v) is 4.91. The highest BCUT2D eigenvalue weighted by molar-refractivity contribution is 6.31. The number of carbonyl (C=O) groups is 1. The predicted octanol–water partition coefficient (Wildman–Crippen LogP) is 6.71. The number of aromatic nitrogens is 4. The number of nitrogens with one attached hydrogen (secondary N) is 1. The molecule has 7 nitrogen and oxygen atoms in total. The summed E-state index contributed by atoms with van der Waals surface area (Å²) in [6.45, 7) is 3.75. The van der Waals surface area contributed by atoms with Gasteiger partial charge in [-0.05, 0) is 40.8 Å². The van der Waals surface area contributed by atoms with Crippen LogP contribution in [0.15, 0.2) is 60.9 Å². The van der Waals surface area contributed by atoms with Crippen LogP contribution in [0.2, 0.25) is 5.02 Å². The number of alkyl halides is 3. The Morgan fingerprint density at radius 3 is 2.55 bits per heavy atom. The van der Waals surface area contributed by atoms with Crippen LogP contribution in [0.3, 0.4) is 0 Å². The van der Waals surface area contributed by atoms with Gasteiger partial charge in [0.05, 0.1) is 10.9 Å². The monoisotopic (exact) mass is 545 g/mol. The van der Waals surface area contributed by atoms with E-state index in [4.69, 9.17) is 11.6 Å². The van der Waals surface area contributed by atoms with E-state index in [0.717, 1.165) is 28.6 Å². The van der Waals surface area contributed by atoms with Gasteiger partial charge in [0.25, 0.3) is 0 Å². The maximum atomic E-state index is 13.5. The van der Waals surface area contributed by atoms with Crippen molar-refractivity contribution < 1.29 is 27.5 Å². The third kappa shape index (κ3) is 4.69. The zero-order valence-electron chi connectivity index (χ0n) is 20.0. The summed E-state index contributed by atoms with van der Waals surface area (Å²) in [5.41, 5.74) is 0.549. The fourth-order valence-electron chi connectivity index (χ4n) is 4.73. The standard InChI is InChI=1S/C26H20ClF4N5O2/c1-25(2)20(21(25)23(37)38)14-5-3-4-13(10-14)16-12-32-24(33-15-6-7-18(28)17(27)11-15)34-22(16)36-9-8-19(35-36)26(29,30)31/h3-12,20-21H,1-2H3,(H,37,38)(H,32,33,34). The van der Waals surface area contributed by atoms with E-state index in [-0.39, 0.29) is 22.7 Å². The Kier molecular flexibility index (Phi) is 6.13. The van der Waals surface area contributed by atoms with Crippen molar-refractivity contribution >= 4 is 29.2 Å². The minimum Gasteiger partial charge on any atom is -0.481 e. The molecule has 0 aliphatic heterocycles. The summed E-state index contributed by atoms with van der Waals surface area (Å²) in [4.78, 5) is 20.4. The molecule has 2 aromatic heterocycles. The van der Waals surface area contributed by atoms with E-state index < -0.39 is 35.0 Å². The van der Waals surface area contributed by atoms with Crippen molar-refractivity contribution in [1.29, 1.82) is 0 Å². The molecule has 2 N–H and O–H groups in total. The minimum absolute atomic E-state index is 0.0147. The molecular weight excluding hydrogens is 526 g/mol. The third-order valence-electron chi connectivity index (χ3n) is 6.69. The number of hydrogen-bond acceptors (Lipinski definition) is 5. The fraction of sp³-hybridized carbons (Fsp3) is 0.231. The molecule has 2 aromatic carbocycles. The molecule has 1 fully saturated rings. The van der Waals surface area contributed by atoms with Gasteiger partial charge in [-0.25, -0.2) is 14.1 Å². The quantitative estimate of drug-likeness (QED) is 0.262. The SMILES string of the molecule is CC1(C)C(C(=O)O)C1c1cccc(-c2cnc(Nc3ccc(F)c(Cl)c3)nc2-n2ccc(C(F)(F)F)n2)c1. The van der Waals surface area contributed by atoms with Gasteiger partial charge < -0.3 is 10.4 Å². The molecule has 0 saturated heterocycles. The van der Waals surface area contributed by atoms with E-state index in [0.29, 0.717) is 16.8 Å². The number of carboxylic acids is 1. The molecule has 196 valence electrons. The van der Waals surface area contributed by atoms with Crippen LogP contribution in [0.5, 0.6) is 0 Å². The molecule has 1 aliphatic rings. The van der Waals surface area contributed by atoms with Gasteiger partial charge in [0, 0.05) is 29.6 Å². The molecule has 5 rings (SSSR count). The summed E-state index contributed by atoms with van der Waals surface area (Å²) >= 11 is 5.84. The second-order valence-corrected chi connectivity index (χ2v) is 9.98. The lowest BCUT2D eigenvalue weighted by molar-refractivity contribution is -0.141. The maximum absolute atomic E-state index is 13.5.